The van der Waals surface area contributed by atoms with Crippen LogP contribution in [0.5, 0.6) is 0 Å². The molecule has 1 aromatic carbocycles. The summed E-state index contributed by atoms with van der Waals surface area (Å²) < 4.78 is 13.3. The van der Waals surface area contributed by atoms with Crippen molar-refractivity contribution in [3.8, 4) is 0 Å². The predicted molar refractivity (Wildman–Crippen MR) is 112 cm³/mol. The molecule has 9 heteroatoms. The van der Waals surface area contributed by atoms with Crippen LogP contribution in [0, 0.1) is 5.82 Å². The van der Waals surface area contributed by atoms with Gasteiger partial charge in [0.1, 0.15) is 12.4 Å². The fourth-order valence-corrected chi connectivity index (χ4v) is 4.42. The van der Waals surface area contributed by atoms with Crippen molar-refractivity contribution in [2.45, 2.75) is 25.3 Å². The Labute approximate surface area is 181 Å². The summed E-state index contributed by atoms with van der Waals surface area (Å²) in [6, 6.07) is 4.70. The van der Waals surface area contributed by atoms with E-state index in [4.69, 9.17) is 0 Å². The lowest BCUT2D eigenvalue weighted by molar-refractivity contribution is -0.131. The zero-order chi connectivity index (χ0) is 22.0. The molecule has 0 saturated carbocycles. The second-order valence-electron chi connectivity index (χ2n) is 8.27. The van der Waals surface area contributed by atoms with Crippen LogP contribution in [-0.2, 0) is 9.59 Å². The summed E-state index contributed by atoms with van der Waals surface area (Å²) in [5.41, 5.74) is 1.62. The van der Waals surface area contributed by atoms with Gasteiger partial charge in [0.2, 0.25) is 5.91 Å². The predicted octanol–water partition coefficient (Wildman–Crippen LogP) is 1.22. The lowest BCUT2D eigenvalue weighted by Crippen LogP contribution is -2.45. The molecule has 3 aliphatic rings. The second-order valence-corrected chi connectivity index (χ2v) is 8.27. The number of rotatable bonds is 6. The van der Waals surface area contributed by atoms with Crippen LogP contribution in [0.25, 0.3) is 0 Å². The molecule has 0 bridgehead atoms. The molecular formula is C22H28FN5O3. The molecule has 1 aromatic rings. The van der Waals surface area contributed by atoms with Crippen molar-refractivity contribution in [3.63, 3.8) is 0 Å². The largest absolute Gasteiger partial charge is 0.353 e. The highest BCUT2D eigenvalue weighted by Crippen LogP contribution is 2.35. The summed E-state index contributed by atoms with van der Waals surface area (Å²) in [5.74, 6) is -0.898. The van der Waals surface area contributed by atoms with E-state index in [1.54, 1.807) is 19.2 Å². The smallest absolute Gasteiger partial charge is 0.322 e. The standard InChI is InChI=1S/C22H28FN5O3/c1-26-17-13-28(14-18(29)24-9-12-27-10-3-2-4-11-27)21(30)19(17)20(25-22(26)31)15-5-7-16(23)8-6-15/h5-8,20H,2-4,9-14H2,1H3,(H,24,29)(H,25,31). The van der Waals surface area contributed by atoms with E-state index >= 15 is 0 Å². The quantitative estimate of drug-likeness (QED) is 0.712. The van der Waals surface area contributed by atoms with Crippen molar-refractivity contribution in [3.05, 3.63) is 46.9 Å². The zero-order valence-corrected chi connectivity index (χ0v) is 17.7. The Morgan fingerprint density at radius 2 is 1.87 bits per heavy atom. The van der Waals surface area contributed by atoms with E-state index < -0.39 is 11.9 Å². The maximum atomic E-state index is 13.3. The Morgan fingerprint density at radius 1 is 1.16 bits per heavy atom. The number of nitrogens with one attached hydrogen (secondary N) is 2. The number of halogens is 1. The molecule has 1 atom stereocenters. The van der Waals surface area contributed by atoms with Crippen LogP contribution in [0.15, 0.2) is 35.5 Å². The fraction of sp³-hybridized carbons (Fsp3) is 0.500. The average Bonchev–Trinajstić information content (AvgIpc) is 3.08. The third kappa shape index (κ3) is 4.56. The molecule has 4 rings (SSSR count). The number of carbonyl (C=O) groups excluding carboxylic acids is 3. The molecule has 8 nitrogen and oxygen atoms in total. The van der Waals surface area contributed by atoms with E-state index in [9.17, 15) is 18.8 Å². The van der Waals surface area contributed by atoms with Gasteiger partial charge in [-0.3, -0.25) is 14.5 Å². The van der Waals surface area contributed by atoms with Crippen molar-refractivity contribution in [2.75, 3.05) is 46.3 Å². The first-order valence-electron chi connectivity index (χ1n) is 10.7. The number of hydrogen-bond donors (Lipinski definition) is 2. The lowest BCUT2D eigenvalue weighted by Gasteiger charge is -2.31. The monoisotopic (exact) mass is 429 g/mol. The number of urea groups is 1. The topological polar surface area (TPSA) is 85.0 Å². The van der Waals surface area contributed by atoms with Crippen molar-refractivity contribution in [2.24, 2.45) is 0 Å². The second kappa shape index (κ2) is 9.05. The van der Waals surface area contributed by atoms with Gasteiger partial charge < -0.3 is 20.4 Å². The maximum absolute atomic E-state index is 13.3. The summed E-state index contributed by atoms with van der Waals surface area (Å²) in [5, 5.41) is 5.70. The highest BCUT2D eigenvalue weighted by atomic mass is 19.1. The van der Waals surface area contributed by atoms with E-state index in [2.05, 4.69) is 15.5 Å². The Kier molecular flexibility index (Phi) is 6.22. The van der Waals surface area contributed by atoms with E-state index in [1.165, 1.54) is 41.2 Å². The van der Waals surface area contributed by atoms with E-state index in [1.807, 2.05) is 0 Å². The van der Waals surface area contributed by atoms with Crippen LogP contribution >= 0.6 is 0 Å². The average molecular weight is 429 g/mol. The normalized spacial score (nSPS) is 21.9. The van der Waals surface area contributed by atoms with Gasteiger partial charge in [-0.15, -0.1) is 0 Å². The third-order valence-corrected chi connectivity index (χ3v) is 6.17. The van der Waals surface area contributed by atoms with Crippen LogP contribution in [0.2, 0.25) is 0 Å². The summed E-state index contributed by atoms with van der Waals surface area (Å²) in [6.07, 6.45) is 3.66. The number of hydrogen-bond acceptors (Lipinski definition) is 4. The van der Waals surface area contributed by atoms with E-state index in [0.717, 1.165) is 19.6 Å². The number of amides is 4. The third-order valence-electron chi connectivity index (χ3n) is 6.17. The Hall–Kier alpha value is -2.94. The number of carbonyl (C=O) groups is 3. The molecule has 0 aromatic heterocycles. The fourth-order valence-electron chi connectivity index (χ4n) is 4.42. The number of likely N-dealkylation sites (tertiary alicyclic amines) is 1. The minimum Gasteiger partial charge on any atom is -0.353 e. The molecule has 1 fully saturated rings. The van der Waals surface area contributed by atoms with Gasteiger partial charge in [-0.2, -0.15) is 0 Å². The highest BCUT2D eigenvalue weighted by Gasteiger charge is 2.43. The SMILES string of the molecule is CN1C(=O)NC(c2ccc(F)cc2)C2=C1CN(CC(=O)NCCN1CCCCC1)C2=O. The molecule has 3 heterocycles. The number of benzene rings is 1. The molecule has 2 N–H and O–H groups in total. The van der Waals surface area contributed by atoms with Gasteiger partial charge in [-0.25, -0.2) is 9.18 Å². The van der Waals surface area contributed by atoms with Gasteiger partial charge in [0.05, 0.1) is 23.9 Å². The molecule has 1 saturated heterocycles. The minimum atomic E-state index is -0.668. The number of piperidine rings is 1. The van der Waals surface area contributed by atoms with E-state index in [-0.39, 0.29) is 30.9 Å². The lowest BCUT2D eigenvalue weighted by atomic mass is 9.96. The van der Waals surface area contributed by atoms with Crippen molar-refractivity contribution >= 4 is 17.8 Å². The van der Waals surface area contributed by atoms with Crippen molar-refractivity contribution < 1.29 is 18.8 Å². The first-order chi connectivity index (χ1) is 14.9. The molecule has 4 amide bonds. The van der Waals surface area contributed by atoms with Gasteiger partial charge in [0, 0.05) is 20.1 Å². The summed E-state index contributed by atoms with van der Waals surface area (Å²) in [6.45, 7) is 3.61. The van der Waals surface area contributed by atoms with Crippen molar-refractivity contribution in [1.29, 1.82) is 0 Å². The zero-order valence-electron chi connectivity index (χ0n) is 17.7. The molecular weight excluding hydrogens is 401 g/mol. The van der Waals surface area contributed by atoms with Crippen LogP contribution in [-0.4, -0.2) is 78.9 Å². The minimum absolute atomic E-state index is 0.0655. The molecule has 0 aliphatic carbocycles. The Morgan fingerprint density at radius 3 is 2.58 bits per heavy atom. The van der Waals surface area contributed by atoms with Gasteiger partial charge in [0.15, 0.2) is 0 Å². The Bertz CT molecular complexity index is 895. The molecule has 31 heavy (non-hydrogen) atoms. The van der Waals surface area contributed by atoms with Crippen LogP contribution in [0.1, 0.15) is 30.9 Å². The van der Waals surface area contributed by atoms with Gasteiger partial charge >= 0.3 is 6.03 Å². The first-order valence-corrected chi connectivity index (χ1v) is 10.7. The molecule has 3 aliphatic heterocycles. The van der Waals surface area contributed by atoms with Crippen LogP contribution in [0.3, 0.4) is 0 Å². The molecule has 0 radical (unpaired) electrons. The molecule has 1 unspecified atom stereocenters. The first kappa shape index (κ1) is 21.3. The van der Waals surface area contributed by atoms with Gasteiger partial charge in [0.25, 0.3) is 5.91 Å². The maximum Gasteiger partial charge on any atom is 0.322 e. The van der Waals surface area contributed by atoms with Gasteiger partial charge in [-0.05, 0) is 43.6 Å². The number of likely N-dealkylation sites (N-methyl/N-ethyl adjacent to an activating group) is 1. The highest BCUT2D eigenvalue weighted by molar-refractivity contribution is 6.02. The summed E-state index contributed by atoms with van der Waals surface area (Å²) in [4.78, 5) is 43.2. The van der Waals surface area contributed by atoms with Crippen LogP contribution in [0.4, 0.5) is 9.18 Å². The van der Waals surface area contributed by atoms with Crippen molar-refractivity contribution in [1.82, 2.24) is 25.3 Å². The molecule has 0 spiro atoms. The summed E-state index contributed by atoms with van der Waals surface area (Å²) in [7, 11) is 1.60. The molecule has 166 valence electrons. The van der Waals surface area contributed by atoms with Crippen LogP contribution < -0.4 is 10.6 Å². The van der Waals surface area contributed by atoms with E-state index in [0.29, 0.717) is 23.4 Å². The number of nitrogens with zero attached hydrogens (tertiary/aromatic N) is 3. The summed E-state index contributed by atoms with van der Waals surface area (Å²) >= 11 is 0. The van der Waals surface area contributed by atoms with Gasteiger partial charge in [-0.1, -0.05) is 18.6 Å². The Balaban J connectivity index is 1.40.